The minimum absolute atomic E-state index is 0.188. The number of benzene rings is 1. The van der Waals surface area contributed by atoms with Crippen LogP contribution in [0, 0.1) is 0 Å². The highest BCUT2D eigenvalue weighted by molar-refractivity contribution is 7.09. The van der Waals surface area contributed by atoms with Crippen LogP contribution in [-0.2, 0) is 22.6 Å². The summed E-state index contributed by atoms with van der Waals surface area (Å²) in [4.78, 5) is 12.6. The highest BCUT2D eigenvalue weighted by atomic mass is 32.1. The molecule has 0 aliphatic carbocycles. The van der Waals surface area contributed by atoms with Gasteiger partial charge in [0.1, 0.15) is 6.61 Å². The fourth-order valence-corrected chi connectivity index (χ4v) is 2.23. The van der Waals surface area contributed by atoms with Crippen LogP contribution in [-0.4, -0.2) is 5.97 Å². The number of rotatable bonds is 5. The topological polar surface area (TPSA) is 52.3 Å². The van der Waals surface area contributed by atoms with Gasteiger partial charge in [-0.15, -0.1) is 11.3 Å². The van der Waals surface area contributed by atoms with Crippen molar-refractivity contribution in [3.8, 4) is 0 Å². The summed E-state index contributed by atoms with van der Waals surface area (Å²) in [5.41, 5.74) is 7.52. The van der Waals surface area contributed by atoms with E-state index >= 15 is 0 Å². The average molecular weight is 261 g/mol. The molecule has 0 unspecified atom stereocenters. The van der Waals surface area contributed by atoms with Crippen LogP contribution in [0.25, 0.3) is 0 Å². The van der Waals surface area contributed by atoms with E-state index in [4.69, 9.17) is 10.5 Å². The lowest BCUT2D eigenvalue weighted by Gasteiger charge is -2.05. The Kier molecular flexibility index (Phi) is 4.36. The molecule has 1 aromatic carbocycles. The molecule has 0 aliphatic rings. The van der Waals surface area contributed by atoms with Gasteiger partial charge >= 0.3 is 5.97 Å². The fourth-order valence-electron chi connectivity index (χ4n) is 1.62. The monoisotopic (exact) mass is 261 g/mol. The van der Waals surface area contributed by atoms with Crippen molar-refractivity contribution in [1.29, 1.82) is 0 Å². The zero-order valence-electron chi connectivity index (χ0n) is 9.96. The molecule has 0 spiro atoms. The van der Waals surface area contributed by atoms with E-state index in [0.717, 1.165) is 16.1 Å². The number of para-hydroxylation sites is 1. The summed E-state index contributed by atoms with van der Waals surface area (Å²) in [6, 6.07) is 11.5. The van der Waals surface area contributed by atoms with E-state index in [1.165, 1.54) is 0 Å². The van der Waals surface area contributed by atoms with Crippen LogP contribution in [0.4, 0.5) is 5.69 Å². The summed E-state index contributed by atoms with van der Waals surface area (Å²) in [6.07, 6.45) is 0.982. The lowest BCUT2D eigenvalue weighted by Crippen LogP contribution is -2.06. The van der Waals surface area contributed by atoms with Crippen LogP contribution in [0.2, 0.25) is 0 Å². The molecule has 2 N–H and O–H groups in total. The van der Waals surface area contributed by atoms with Crippen molar-refractivity contribution in [2.24, 2.45) is 0 Å². The fraction of sp³-hybridized carbons (Fsp3) is 0.214. The number of hydrogen-bond donors (Lipinski definition) is 1. The molecule has 0 saturated carbocycles. The van der Waals surface area contributed by atoms with Gasteiger partial charge < -0.3 is 10.5 Å². The maximum atomic E-state index is 11.6. The molecule has 2 aromatic rings. The van der Waals surface area contributed by atoms with Gasteiger partial charge in [-0.05, 0) is 29.5 Å². The second kappa shape index (κ2) is 6.21. The van der Waals surface area contributed by atoms with Gasteiger partial charge in [-0.25, -0.2) is 0 Å². The molecule has 0 saturated heterocycles. The zero-order chi connectivity index (χ0) is 12.8. The number of hydrogen-bond acceptors (Lipinski definition) is 4. The minimum atomic E-state index is -0.188. The first-order chi connectivity index (χ1) is 8.75. The SMILES string of the molecule is Nc1ccccc1CCC(=O)OCc1cccs1. The first-order valence-corrected chi connectivity index (χ1v) is 6.65. The van der Waals surface area contributed by atoms with Crippen LogP contribution in [0.3, 0.4) is 0 Å². The van der Waals surface area contributed by atoms with E-state index in [9.17, 15) is 4.79 Å². The summed E-state index contributed by atoms with van der Waals surface area (Å²) < 4.78 is 5.18. The molecule has 2 rings (SSSR count). The summed E-state index contributed by atoms with van der Waals surface area (Å²) in [7, 11) is 0. The van der Waals surface area contributed by atoms with E-state index in [0.29, 0.717) is 19.4 Å². The molecule has 18 heavy (non-hydrogen) atoms. The second-order valence-corrected chi connectivity index (χ2v) is 4.97. The lowest BCUT2D eigenvalue weighted by atomic mass is 10.1. The number of ether oxygens (including phenoxy) is 1. The van der Waals surface area contributed by atoms with E-state index in [-0.39, 0.29) is 5.97 Å². The standard InChI is InChI=1S/C14H15NO2S/c15-13-6-2-1-4-11(13)7-8-14(16)17-10-12-5-3-9-18-12/h1-6,9H,7-8,10,15H2. The first-order valence-electron chi connectivity index (χ1n) is 5.77. The first kappa shape index (κ1) is 12.6. The molecule has 0 aliphatic heterocycles. The number of aryl methyl sites for hydroxylation is 1. The molecule has 1 heterocycles. The normalized spacial score (nSPS) is 10.2. The molecule has 94 valence electrons. The van der Waals surface area contributed by atoms with Crippen molar-refractivity contribution in [2.45, 2.75) is 19.4 Å². The number of carbonyl (C=O) groups excluding carboxylic acids is 1. The predicted molar refractivity (Wildman–Crippen MR) is 73.3 cm³/mol. The second-order valence-electron chi connectivity index (χ2n) is 3.94. The van der Waals surface area contributed by atoms with Crippen LogP contribution in [0.5, 0.6) is 0 Å². The Hall–Kier alpha value is -1.81. The van der Waals surface area contributed by atoms with Crippen molar-refractivity contribution < 1.29 is 9.53 Å². The molecule has 0 atom stereocenters. The maximum Gasteiger partial charge on any atom is 0.306 e. The maximum absolute atomic E-state index is 11.6. The zero-order valence-corrected chi connectivity index (χ0v) is 10.8. The van der Waals surface area contributed by atoms with E-state index < -0.39 is 0 Å². The Morgan fingerprint density at radius 3 is 2.78 bits per heavy atom. The molecular weight excluding hydrogens is 246 g/mol. The smallest absolute Gasteiger partial charge is 0.306 e. The van der Waals surface area contributed by atoms with Crippen molar-refractivity contribution in [2.75, 3.05) is 5.73 Å². The third-order valence-electron chi connectivity index (χ3n) is 2.61. The third kappa shape index (κ3) is 3.60. The number of anilines is 1. The molecular formula is C14H15NO2S. The van der Waals surface area contributed by atoms with Crippen molar-refractivity contribution in [3.05, 3.63) is 52.2 Å². The lowest BCUT2D eigenvalue weighted by molar-refractivity contribution is -0.144. The summed E-state index contributed by atoms with van der Waals surface area (Å²) in [5, 5.41) is 1.97. The quantitative estimate of drug-likeness (QED) is 0.665. The minimum Gasteiger partial charge on any atom is -0.460 e. The number of carbonyl (C=O) groups is 1. The van der Waals surface area contributed by atoms with Gasteiger partial charge in [0.25, 0.3) is 0 Å². The number of nitrogen functional groups attached to an aromatic ring is 1. The number of esters is 1. The Morgan fingerprint density at radius 2 is 2.06 bits per heavy atom. The van der Waals surface area contributed by atoms with Gasteiger partial charge in [-0.2, -0.15) is 0 Å². The summed E-state index contributed by atoms with van der Waals surface area (Å²) in [5.74, 6) is -0.188. The Morgan fingerprint density at radius 1 is 1.22 bits per heavy atom. The molecule has 4 heteroatoms. The molecule has 1 aromatic heterocycles. The highest BCUT2D eigenvalue weighted by Gasteiger charge is 2.06. The summed E-state index contributed by atoms with van der Waals surface area (Å²) in [6.45, 7) is 0.362. The number of thiophene rings is 1. The molecule has 0 fully saturated rings. The van der Waals surface area contributed by atoms with Gasteiger partial charge in [0.15, 0.2) is 0 Å². The largest absolute Gasteiger partial charge is 0.460 e. The Labute approximate surface area is 110 Å². The average Bonchev–Trinajstić information content (AvgIpc) is 2.88. The highest BCUT2D eigenvalue weighted by Crippen LogP contribution is 2.14. The third-order valence-corrected chi connectivity index (χ3v) is 3.46. The van der Waals surface area contributed by atoms with E-state index in [2.05, 4.69) is 0 Å². The Balaban J connectivity index is 1.77. The van der Waals surface area contributed by atoms with Gasteiger partial charge in [0.2, 0.25) is 0 Å². The van der Waals surface area contributed by atoms with Gasteiger partial charge in [0, 0.05) is 17.0 Å². The molecule has 0 radical (unpaired) electrons. The summed E-state index contributed by atoms with van der Waals surface area (Å²) >= 11 is 1.58. The van der Waals surface area contributed by atoms with Crippen molar-refractivity contribution in [3.63, 3.8) is 0 Å². The van der Waals surface area contributed by atoms with Gasteiger partial charge in [-0.3, -0.25) is 4.79 Å². The number of nitrogens with two attached hydrogens (primary N) is 1. The van der Waals surface area contributed by atoms with E-state index in [1.807, 2.05) is 41.8 Å². The van der Waals surface area contributed by atoms with Crippen LogP contribution < -0.4 is 5.73 Å². The van der Waals surface area contributed by atoms with E-state index in [1.54, 1.807) is 11.3 Å². The molecule has 0 bridgehead atoms. The predicted octanol–water partition coefficient (Wildman–Crippen LogP) is 3.01. The van der Waals surface area contributed by atoms with Crippen LogP contribution >= 0.6 is 11.3 Å². The van der Waals surface area contributed by atoms with Crippen LogP contribution in [0.1, 0.15) is 16.9 Å². The Bertz CT molecular complexity index is 508. The van der Waals surface area contributed by atoms with Crippen molar-refractivity contribution in [1.82, 2.24) is 0 Å². The van der Waals surface area contributed by atoms with Gasteiger partial charge in [0.05, 0.1) is 0 Å². The van der Waals surface area contributed by atoms with Gasteiger partial charge in [-0.1, -0.05) is 24.3 Å². The molecule has 0 amide bonds. The molecule has 3 nitrogen and oxygen atoms in total. The van der Waals surface area contributed by atoms with Crippen LogP contribution in [0.15, 0.2) is 41.8 Å². The van der Waals surface area contributed by atoms with Crippen molar-refractivity contribution >= 4 is 23.0 Å².